The van der Waals surface area contributed by atoms with Crippen molar-refractivity contribution in [1.29, 1.82) is 0 Å². The van der Waals surface area contributed by atoms with Crippen molar-refractivity contribution in [3.05, 3.63) is 70.7 Å². The highest BCUT2D eigenvalue weighted by Gasteiger charge is 2.38. The summed E-state index contributed by atoms with van der Waals surface area (Å²) in [6.45, 7) is 0.223. The summed E-state index contributed by atoms with van der Waals surface area (Å²) >= 11 is 0. The normalized spacial score (nSPS) is 12.0. The van der Waals surface area contributed by atoms with Crippen molar-refractivity contribution in [2.75, 3.05) is 0 Å². The maximum absolute atomic E-state index is 12.5. The van der Waals surface area contributed by atoms with Gasteiger partial charge in [-0.15, -0.1) is 0 Å². The number of alkyl halides is 3. The van der Waals surface area contributed by atoms with Crippen LogP contribution in [0.1, 0.15) is 11.6 Å². The largest absolute Gasteiger partial charge is 0.471 e. The fourth-order valence-corrected chi connectivity index (χ4v) is 2.48. The van der Waals surface area contributed by atoms with E-state index >= 15 is 0 Å². The van der Waals surface area contributed by atoms with Crippen LogP contribution >= 0.6 is 0 Å². The molecule has 0 saturated heterocycles. The third kappa shape index (κ3) is 2.96. The molecule has 0 aromatic carbocycles. The standard InChI is InChI=1S/C16H10F3N5O2/c17-16(18,19)15-20-14(22-26-15)10-4-6-23(13(25)7-10)9-11-8-12-3-1-2-5-24(12)21-11/h1-8H,9H2. The van der Waals surface area contributed by atoms with Crippen molar-refractivity contribution < 1.29 is 17.7 Å². The lowest BCUT2D eigenvalue weighted by Crippen LogP contribution is -2.19. The van der Waals surface area contributed by atoms with Crippen LogP contribution in [0.2, 0.25) is 0 Å². The van der Waals surface area contributed by atoms with Crippen LogP contribution in [0.4, 0.5) is 13.2 Å². The fourth-order valence-electron chi connectivity index (χ4n) is 2.48. The molecule has 132 valence electrons. The minimum atomic E-state index is -4.73. The Kier molecular flexibility index (Phi) is 3.60. The first-order chi connectivity index (χ1) is 12.4. The molecule has 0 bridgehead atoms. The highest BCUT2D eigenvalue weighted by molar-refractivity contribution is 5.53. The van der Waals surface area contributed by atoms with Crippen LogP contribution in [0, 0.1) is 0 Å². The van der Waals surface area contributed by atoms with Crippen molar-refractivity contribution in [1.82, 2.24) is 24.3 Å². The summed E-state index contributed by atoms with van der Waals surface area (Å²) in [6.07, 6.45) is -1.49. The molecule has 0 unspecified atom stereocenters. The number of nitrogens with zero attached hydrogens (tertiary/aromatic N) is 5. The second kappa shape index (κ2) is 5.83. The molecular formula is C16H10F3N5O2. The first-order valence-electron chi connectivity index (χ1n) is 7.45. The van der Waals surface area contributed by atoms with Crippen LogP contribution in [0.25, 0.3) is 16.9 Å². The van der Waals surface area contributed by atoms with E-state index in [0.29, 0.717) is 5.69 Å². The molecule has 0 radical (unpaired) electrons. The number of fused-ring (bicyclic) bond motifs is 1. The molecule has 0 saturated carbocycles. The summed E-state index contributed by atoms with van der Waals surface area (Å²) in [5.41, 5.74) is 1.28. The molecule has 0 spiro atoms. The van der Waals surface area contributed by atoms with E-state index in [2.05, 4.69) is 19.8 Å². The number of aromatic nitrogens is 5. The minimum absolute atomic E-state index is 0.139. The Bertz CT molecular complexity index is 1110. The summed E-state index contributed by atoms with van der Waals surface area (Å²) in [7, 11) is 0. The summed E-state index contributed by atoms with van der Waals surface area (Å²) in [4.78, 5) is 15.5. The first kappa shape index (κ1) is 16.1. The van der Waals surface area contributed by atoms with E-state index in [1.807, 2.05) is 24.3 Å². The molecule has 0 amide bonds. The number of halogens is 3. The Morgan fingerprint density at radius 1 is 1.12 bits per heavy atom. The van der Waals surface area contributed by atoms with Crippen LogP contribution in [-0.4, -0.2) is 24.3 Å². The summed E-state index contributed by atoms with van der Waals surface area (Å²) in [6, 6.07) is 10.0. The van der Waals surface area contributed by atoms with Crippen LogP contribution in [0.15, 0.2) is 58.1 Å². The van der Waals surface area contributed by atoms with E-state index in [4.69, 9.17) is 0 Å². The van der Waals surface area contributed by atoms with E-state index < -0.39 is 17.6 Å². The van der Waals surface area contributed by atoms with Crippen LogP contribution in [-0.2, 0) is 12.7 Å². The maximum Gasteiger partial charge on any atom is 0.471 e. The second-order valence-corrected chi connectivity index (χ2v) is 5.51. The zero-order valence-corrected chi connectivity index (χ0v) is 13.0. The molecule has 4 aromatic heterocycles. The molecule has 4 aromatic rings. The Labute approximate surface area is 143 Å². The number of hydrogen-bond acceptors (Lipinski definition) is 5. The van der Waals surface area contributed by atoms with E-state index in [0.717, 1.165) is 11.6 Å². The molecule has 0 aliphatic heterocycles. The van der Waals surface area contributed by atoms with Crippen LogP contribution in [0.5, 0.6) is 0 Å². The second-order valence-electron chi connectivity index (χ2n) is 5.51. The Hall–Kier alpha value is -3.43. The lowest BCUT2D eigenvalue weighted by molar-refractivity contribution is -0.159. The summed E-state index contributed by atoms with van der Waals surface area (Å²) in [5.74, 6) is -1.75. The zero-order chi connectivity index (χ0) is 18.3. The van der Waals surface area contributed by atoms with Gasteiger partial charge >= 0.3 is 12.1 Å². The van der Waals surface area contributed by atoms with Gasteiger partial charge in [0.1, 0.15) is 0 Å². The fraction of sp³-hybridized carbons (Fsp3) is 0.125. The van der Waals surface area contributed by atoms with E-state index in [1.54, 1.807) is 10.7 Å². The van der Waals surface area contributed by atoms with Crippen molar-refractivity contribution in [3.8, 4) is 11.4 Å². The molecule has 10 heteroatoms. The lowest BCUT2D eigenvalue weighted by Gasteiger charge is -2.03. The van der Waals surface area contributed by atoms with Gasteiger partial charge < -0.3 is 9.09 Å². The number of rotatable bonds is 3. The molecule has 4 heterocycles. The smallest absolute Gasteiger partial charge is 0.329 e. The predicted octanol–water partition coefficient (Wildman–Crippen LogP) is 2.61. The highest BCUT2D eigenvalue weighted by Crippen LogP contribution is 2.29. The van der Waals surface area contributed by atoms with Gasteiger partial charge in [0, 0.05) is 24.0 Å². The van der Waals surface area contributed by atoms with Gasteiger partial charge in [-0.2, -0.15) is 23.3 Å². The molecule has 7 nitrogen and oxygen atoms in total. The maximum atomic E-state index is 12.5. The van der Waals surface area contributed by atoms with Gasteiger partial charge in [-0.05, 0) is 24.3 Å². The van der Waals surface area contributed by atoms with Gasteiger partial charge in [-0.1, -0.05) is 11.2 Å². The number of hydrogen-bond donors (Lipinski definition) is 0. The molecule has 0 aliphatic rings. The van der Waals surface area contributed by atoms with Gasteiger partial charge in [0.25, 0.3) is 5.56 Å². The van der Waals surface area contributed by atoms with Crippen LogP contribution < -0.4 is 5.56 Å². The van der Waals surface area contributed by atoms with Crippen molar-refractivity contribution >= 4 is 5.52 Å². The monoisotopic (exact) mass is 361 g/mol. The van der Waals surface area contributed by atoms with Crippen LogP contribution in [0.3, 0.4) is 0 Å². The summed E-state index contributed by atoms with van der Waals surface area (Å²) < 4.78 is 44.8. The van der Waals surface area contributed by atoms with Crippen molar-refractivity contribution in [2.24, 2.45) is 0 Å². The van der Waals surface area contributed by atoms with Gasteiger partial charge in [0.05, 0.1) is 17.8 Å². The third-order valence-corrected chi connectivity index (χ3v) is 3.68. The molecule has 0 N–H and O–H groups in total. The SMILES string of the molecule is O=c1cc(-c2noc(C(F)(F)F)n2)ccn1Cc1cc2ccccn2n1. The molecule has 4 rings (SSSR count). The summed E-state index contributed by atoms with van der Waals surface area (Å²) in [5, 5.41) is 7.62. The minimum Gasteiger partial charge on any atom is -0.329 e. The lowest BCUT2D eigenvalue weighted by atomic mass is 10.2. The van der Waals surface area contributed by atoms with E-state index in [-0.39, 0.29) is 17.9 Å². The third-order valence-electron chi connectivity index (χ3n) is 3.68. The average Bonchev–Trinajstić information content (AvgIpc) is 3.22. The Balaban J connectivity index is 1.61. The van der Waals surface area contributed by atoms with E-state index in [9.17, 15) is 18.0 Å². The van der Waals surface area contributed by atoms with Gasteiger partial charge in [-0.3, -0.25) is 4.79 Å². The highest BCUT2D eigenvalue weighted by atomic mass is 19.4. The molecule has 26 heavy (non-hydrogen) atoms. The van der Waals surface area contributed by atoms with Gasteiger partial charge in [-0.25, -0.2) is 4.52 Å². The quantitative estimate of drug-likeness (QED) is 0.561. The topological polar surface area (TPSA) is 78.2 Å². The molecule has 0 atom stereocenters. The predicted molar refractivity (Wildman–Crippen MR) is 83.3 cm³/mol. The zero-order valence-electron chi connectivity index (χ0n) is 13.0. The Morgan fingerprint density at radius 2 is 1.96 bits per heavy atom. The molecular weight excluding hydrogens is 351 g/mol. The average molecular weight is 361 g/mol. The van der Waals surface area contributed by atoms with Crippen molar-refractivity contribution in [2.45, 2.75) is 12.7 Å². The number of pyridine rings is 2. The van der Waals surface area contributed by atoms with Crippen molar-refractivity contribution in [3.63, 3.8) is 0 Å². The molecule has 0 fully saturated rings. The molecule has 0 aliphatic carbocycles. The first-order valence-corrected chi connectivity index (χ1v) is 7.45. The van der Waals surface area contributed by atoms with Gasteiger partial charge in [0.2, 0.25) is 5.82 Å². The Morgan fingerprint density at radius 3 is 2.65 bits per heavy atom. The van der Waals surface area contributed by atoms with Gasteiger partial charge in [0.15, 0.2) is 0 Å². The van der Waals surface area contributed by atoms with E-state index in [1.165, 1.54) is 16.8 Å².